The summed E-state index contributed by atoms with van der Waals surface area (Å²) in [6.07, 6.45) is 8.85. The van der Waals surface area contributed by atoms with Crippen molar-refractivity contribution >= 4 is 29.3 Å². The van der Waals surface area contributed by atoms with Crippen LogP contribution in [0.4, 0.5) is 28.1 Å². The van der Waals surface area contributed by atoms with Crippen LogP contribution in [0.5, 0.6) is 0 Å². The minimum atomic E-state index is -0.107. The lowest BCUT2D eigenvalue weighted by molar-refractivity contribution is 0.248. The summed E-state index contributed by atoms with van der Waals surface area (Å²) in [5, 5.41) is 16.8. The van der Waals surface area contributed by atoms with E-state index < -0.39 is 0 Å². The number of hydrogen-bond donors (Lipinski definition) is 4. The fraction of sp³-hybridized carbons (Fsp3) is 0.481. The van der Waals surface area contributed by atoms with Gasteiger partial charge >= 0.3 is 6.03 Å². The van der Waals surface area contributed by atoms with Crippen LogP contribution >= 0.6 is 0 Å². The van der Waals surface area contributed by atoms with Crippen LogP contribution in [0.25, 0.3) is 0 Å². The molecule has 10 nitrogen and oxygen atoms in total. The van der Waals surface area contributed by atoms with Gasteiger partial charge in [-0.3, -0.25) is 10.00 Å². The van der Waals surface area contributed by atoms with Gasteiger partial charge in [-0.25, -0.2) is 9.78 Å². The molecule has 6 rings (SSSR count). The first-order valence-electron chi connectivity index (χ1n) is 13.5. The van der Waals surface area contributed by atoms with Crippen LogP contribution in [0.2, 0.25) is 0 Å². The van der Waals surface area contributed by atoms with E-state index in [1.165, 1.54) is 31.2 Å². The van der Waals surface area contributed by atoms with Gasteiger partial charge < -0.3 is 20.9 Å². The van der Waals surface area contributed by atoms with Crippen molar-refractivity contribution < 1.29 is 4.79 Å². The molecule has 0 spiro atoms. The third-order valence-electron chi connectivity index (χ3n) is 7.46. The van der Waals surface area contributed by atoms with Crippen molar-refractivity contribution in [3.05, 3.63) is 53.9 Å². The predicted octanol–water partition coefficient (Wildman–Crippen LogP) is 4.21. The SMILES string of the molecule is O=C(Nc1ccc(CN2CCN(c3nccc(Nc4cc(C5CC5)n[nH]4)n3)CC2)cc1)NC1CCCC1. The predicted molar refractivity (Wildman–Crippen MR) is 144 cm³/mol. The van der Waals surface area contributed by atoms with Crippen LogP contribution in [-0.2, 0) is 6.54 Å². The van der Waals surface area contributed by atoms with Crippen molar-refractivity contribution in [1.29, 1.82) is 0 Å². The topological polar surface area (TPSA) is 114 Å². The molecule has 3 aromatic rings. The molecule has 2 amide bonds. The summed E-state index contributed by atoms with van der Waals surface area (Å²) in [6.45, 7) is 4.51. The first-order valence-corrected chi connectivity index (χ1v) is 13.5. The Labute approximate surface area is 217 Å². The molecule has 4 N–H and O–H groups in total. The smallest absolute Gasteiger partial charge is 0.319 e. The summed E-state index contributed by atoms with van der Waals surface area (Å²) in [5.74, 6) is 3.00. The number of nitrogens with one attached hydrogen (secondary N) is 4. The van der Waals surface area contributed by atoms with E-state index in [0.717, 1.165) is 74.5 Å². The molecule has 3 fully saturated rings. The zero-order valence-electron chi connectivity index (χ0n) is 21.1. The number of aromatic amines is 1. The van der Waals surface area contributed by atoms with E-state index in [-0.39, 0.29) is 6.03 Å². The first kappa shape index (κ1) is 23.7. The fourth-order valence-electron chi connectivity index (χ4n) is 5.18. The van der Waals surface area contributed by atoms with E-state index in [1.54, 1.807) is 6.20 Å². The molecule has 0 unspecified atom stereocenters. The van der Waals surface area contributed by atoms with Crippen molar-refractivity contribution in [2.75, 3.05) is 41.7 Å². The number of amides is 2. The highest BCUT2D eigenvalue weighted by Gasteiger charge is 2.26. The van der Waals surface area contributed by atoms with Crippen molar-refractivity contribution in [1.82, 2.24) is 30.4 Å². The van der Waals surface area contributed by atoms with Gasteiger partial charge in [-0.05, 0) is 49.4 Å². The Morgan fingerprint density at radius 2 is 1.78 bits per heavy atom. The summed E-state index contributed by atoms with van der Waals surface area (Å²) in [7, 11) is 0. The number of urea groups is 1. The highest BCUT2D eigenvalue weighted by atomic mass is 16.2. The Morgan fingerprint density at radius 3 is 2.54 bits per heavy atom. The van der Waals surface area contributed by atoms with Crippen LogP contribution in [0.3, 0.4) is 0 Å². The van der Waals surface area contributed by atoms with Gasteiger partial charge in [0.15, 0.2) is 0 Å². The Bertz CT molecular complexity index is 1190. The number of rotatable bonds is 8. The van der Waals surface area contributed by atoms with Crippen LogP contribution < -0.4 is 20.9 Å². The molecular weight excluding hydrogens is 466 g/mol. The Morgan fingerprint density at radius 1 is 1.00 bits per heavy atom. The lowest BCUT2D eigenvalue weighted by Crippen LogP contribution is -2.46. The average Bonchev–Trinajstić information content (AvgIpc) is 3.44. The van der Waals surface area contributed by atoms with E-state index in [4.69, 9.17) is 4.98 Å². The third kappa shape index (κ3) is 6.19. The van der Waals surface area contributed by atoms with E-state index in [9.17, 15) is 4.79 Å². The van der Waals surface area contributed by atoms with Gasteiger partial charge in [0.1, 0.15) is 11.6 Å². The monoisotopic (exact) mass is 501 g/mol. The van der Waals surface area contributed by atoms with Crippen LogP contribution in [0.15, 0.2) is 42.6 Å². The van der Waals surface area contributed by atoms with Crippen LogP contribution in [0.1, 0.15) is 55.7 Å². The lowest BCUT2D eigenvalue weighted by atomic mass is 10.2. The minimum absolute atomic E-state index is 0.107. The Balaban J connectivity index is 0.969. The van der Waals surface area contributed by atoms with Gasteiger partial charge in [0, 0.05) is 62.6 Å². The quantitative estimate of drug-likeness (QED) is 0.366. The van der Waals surface area contributed by atoms with Gasteiger partial charge in [-0.1, -0.05) is 25.0 Å². The molecule has 2 saturated carbocycles. The van der Waals surface area contributed by atoms with Crippen molar-refractivity contribution in [3.63, 3.8) is 0 Å². The van der Waals surface area contributed by atoms with E-state index in [2.05, 4.69) is 59.1 Å². The second kappa shape index (κ2) is 10.8. The molecule has 10 heteroatoms. The molecule has 0 radical (unpaired) electrons. The maximum Gasteiger partial charge on any atom is 0.319 e. The number of benzene rings is 1. The normalized spacial score (nSPS) is 18.6. The Kier molecular flexibility index (Phi) is 6.90. The number of anilines is 4. The molecule has 3 aliphatic rings. The summed E-state index contributed by atoms with van der Waals surface area (Å²) in [6, 6.07) is 12.3. The number of carbonyl (C=O) groups is 1. The van der Waals surface area contributed by atoms with Gasteiger partial charge in [0.05, 0.1) is 5.69 Å². The second-order valence-electron chi connectivity index (χ2n) is 10.4. The maximum atomic E-state index is 12.2. The summed E-state index contributed by atoms with van der Waals surface area (Å²) in [5.41, 5.74) is 3.19. The molecule has 1 aromatic carbocycles. The van der Waals surface area contributed by atoms with Crippen LogP contribution in [-0.4, -0.2) is 63.3 Å². The summed E-state index contributed by atoms with van der Waals surface area (Å²) < 4.78 is 0. The summed E-state index contributed by atoms with van der Waals surface area (Å²) >= 11 is 0. The molecule has 3 heterocycles. The highest BCUT2D eigenvalue weighted by Crippen LogP contribution is 2.39. The number of hydrogen-bond acceptors (Lipinski definition) is 7. The van der Waals surface area contributed by atoms with E-state index in [0.29, 0.717) is 12.0 Å². The largest absolute Gasteiger partial charge is 0.338 e. The molecule has 0 bridgehead atoms. The highest BCUT2D eigenvalue weighted by molar-refractivity contribution is 5.89. The van der Waals surface area contributed by atoms with E-state index >= 15 is 0 Å². The molecule has 1 aliphatic heterocycles. The summed E-state index contributed by atoms with van der Waals surface area (Å²) in [4.78, 5) is 26.1. The number of piperazine rings is 1. The molecule has 1 saturated heterocycles. The van der Waals surface area contributed by atoms with E-state index in [1.807, 2.05) is 18.2 Å². The third-order valence-corrected chi connectivity index (χ3v) is 7.46. The molecule has 2 aromatic heterocycles. The molecule has 37 heavy (non-hydrogen) atoms. The van der Waals surface area contributed by atoms with Gasteiger partial charge in [0.2, 0.25) is 5.95 Å². The van der Waals surface area contributed by atoms with Crippen molar-refractivity contribution in [3.8, 4) is 0 Å². The second-order valence-corrected chi connectivity index (χ2v) is 10.4. The van der Waals surface area contributed by atoms with Crippen molar-refractivity contribution in [2.45, 2.75) is 57.0 Å². The molecular formula is C27H35N9O. The number of nitrogens with zero attached hydrogens (tertiary/aromatic N) is 5. The van der Waals surface area contributed by atoms with Gasteiger partial charge in [-0.2, -0.15) is 10.1 Å². The lowest BCUT2D eigenvalue weighted by Gasteiger charge is -2.34. The standard InChI is InChI=1S/C27H35N9O/c37-27(29-21-3-1-2-4-21)30-22-9-5-19(6-10-22)18-35-13-15-36(16-14-35)26-28-12-11-24(32-26)31-25-17-23(33-34-25)20-7-8-20/h5-6,9-12,17,20-21H,1-4,7-8,13-16,18H2,(H2,29,30,37)(H2,28,31,32,33,34). The minimum Gasteiger partial charge on any atom is -0.338 e. The number of carbonyl (C=O) groups excluding carboxylic acids is 1. The maximum absolute atomic E-state index is 12.2. The average molecular weight is 502 g/mol. The fourth-order valence-corrected chi connectivity index (χ4v) is 5.18. The van der Waals surface area contributed by atoms with Crippen molar-refractivity contribution in [2.24, 2.45) is 0 Å². The molecule has 2 aliphatic carbocycles. The number of H-pyrrole nitrogens is 1. The zero-order chi connectivity index (χ0) is 25.0. The van der Waals surface area contributed by atoms with Gasteiger partial charge in [0.25, 0.3) is 0 Å². The Hall–Kier alpha value is -3.66. The zero-order valence-corrected chi connectivity index (χ0v) is 21.1. The first-order chi connectivity index (χ1) is 18.2. The van der Waals surface area contributed by atoms with Gasteiger partial charge in [-0.15, -0.1) is 0 Å². The molecule has 0 atom stereocenters. The molecule has 194 valence electrons. The number of aromatic nitrogens is 4. The van der Waals surface area contributed by atoms with Crippen LogP contribution in [0, 0.1) is 0 Å².